The predicted molar refractivity (Wildman–Crippen MR) is 216 cm³/mol. The Morgan fingerprint density at radius 3 is 1.86 bits per heavy atom. The number of hydrogen-bond donors (Lipinski definition) is 4. The fourth-order valence-electron chi connectivity index (χ4n) is 5.12. The van der Waals surface area contributed by atoms with Crippen molar-refractivity contribution < 1.29 is 14.3 Å². The first-order valence-corrected chi connectivity index (χ1v) is 19.1. The number of benzene rings is 3. The number of nitrogens with zero attached hydrogens (tertiary/aromatic N) is 2. The van der Waals surface area contributed by atoms with Crippen LogP contribution in [0.4, 0.5) is 10.5 Å². The molecule has 0 bridgehead atoms. The fraction of sp³-hybridized carbons (Fsp3) is 0.450. The summed E-state index contributed by atoms with van der Waals surface area (Å²) in [6, 6.07) is 24.2. The Bertz CT molecular complexity index is 1330. The summed E-state index contributed by atoms with van der Waals surface area (Å²) in [4.78, 5) is 26.8. The van der Waals surface area contributed by atoms with E-state index in [0.717, 1.165) is 48.7 Å². The van der Waals surface area contributed by atoms with Gasteiger partial charge in [0.25, 0.3) is 0 Å². The zero-order chi connectivity index (χ0) is 36.4. The zero-order valence-corrected chi connectivity index (χ0v) is 32.4. The van der Waals surface area contributed by atoms with Crippen LogP contribution in [0.2, 0.25) is 0 Å². The first kappa shape index (κ1) is 43.6. The Labute approximate surface area is 307 Å². The first-order chi connectivity index (χ1) is 23.7. The van der Waals surface area contributed by atoms with E-state index in [-0.39, 0.29) is 11.9 Å². The Balaban J connectivity index is 0.000000366. The molecule has 0 aromatic heterocycles. The largest absolute Gasteiger partial charge is 0.457 e. The minimum absolute atomic E-state index is 0.00125. The Kier molecular flexibility index (Phi) is 23.6. The SMILES string of the molecule is C=C1CCN(C(=O)NC)C1.CC.CCCC(=O)Nc1ccc(Oc2ccc(C)cc2)cc1.Cc1ccc(CCCN2CCCC2)cc1.SS. The predicted octanol–water partition coefficient (Wildman–Crippen LogP) is 9.92. The van der Waals surface area contributed by atoms with Crippen molar-refractivity contribution in [3.05, 3.63) is 102 Å². The van der Waals surface area contributed by atoms with Crippen LogP contribution in [0.3, 0.4) is 0 Å². The van der Waals surface area contributed by atoms with E-state index in [1.165, 1.54) is 62.0 Å². The number of carbonyl (C=O) groups is 2. The lowest BCUT2D eigenvalue weighted by Gasteiger charge is -2.13. The molecule has 7 nitrogen and oxygen atoms in total. The van der Waals surface area contributed by atoms with Gasteiger partial charge < -0.3 is 25.2 Å². The highest BCUT2D eigenvalue weighted by atomic mass is 33.1. The number of thiol groups is 2. The van der Waals surface area contributed by atoms with E-state index < -0.39 is 0 Å². The monoisotopic (exact) mass is 708 g/mol. The topological polar surface area (TPSA) is 73.9 Å². The number of nitrogens with one attached hydrogen (secondary N) is 2. The van der Waals surface area contributed by atoms with Crippen LogP contribution in [-0.4, -0.2) is 61.5 Å². The van der Waals surface area contributed by atoms with Gasteiger partial charge in [-0.15, -0.1) is 23.3 Å². The molecule has 2 N–H and O–H groups in total. The van der Waals surface area contributed by atoms with Crippen molar-refractivity contribution in [3.63, 3.8) is 0 Å². The summed E-state index contributed by atoms with van der Waals surface area (Å²) in [7, 11) is 1.64. The molecule has 2 aliphatic rings. The lowest BCUT2D eigenvalue weighted by Crippen LogP contribution is -2.35. The normalized spacial score (nSPS) is 13.2. The van der Waals surface area contributed by atoms with E-state index >= 15 is 0 Å². The average molecular weight is 709 g/mol. The molecule has 49 heavy (non-hydrogen) atoms. The minimum Gasteiger partial charge on any atom is -0.457 e. The second-order valence-electron chi connectivity index (χ2n) is 11.9. The van der Waals surface area contributed by atoms with E-state index in [2.05, 4.69) is 76.6 Å². The van der Waals surface area contributed by atoms with E-state index in [1.807, 2.05) is 76.2 Å². The molecule has 3 amide bonds. The lowest BCUT2D eigenvalue weighted by atomic mass is 10.1. The van der Waals surface area contributed by atoms with Crippen molar-refractivity contribution in [3.8, 4) is 11.5 Å². The summed E-state index contributed by atoms with van der Waals surface area (Å²) < 4.78 is 5.73. The highest BCUT2D eigenvalue weighted by Crippen LogP contribution is 2.23. The van der Waals surface area contributed by atoms with E-state index in [1.54, 1.807) is 11.9 Å². The molecule has 0 unspecified atom stereocenters. The number of anilines is 1. The smallest absolute Gasteiger partial charge is 0.317 e. The van der Waals surface area contributed by atoms with Gasteiger partial charge in [-0.3, -0.25) is 4.79 Å². The molecule has 2 aliphatic heterocycles. The quantitative estimate of drug-likeness (QED) is 0.101. The fourth-order valence-corrected chi connectivity index (χ4v) is 5.12. The van der Waals surface area contributed by atoms with Crippen LogP contribution < -0.4 is 15.4 Å². The van der Waals surface area contributed by atoms with Crippen LogP contribution in [0.25, 0.3) is 0 Å². The molecule has 2 saturated heterocycles. The summed E-state index contributed by atoms with van der Waals surface area (Å²) in [6.45, 7) is 19.4. The number of hydrogen-bond acceptors (Lipinski definition) is 6. The number of likely N-dealkylation sites (tertiary alicyclic amines) is 2. The van der Waals surface area contributed by atoms with Gasteiger partial charge in [0, 0.05) is 32.2 Å². The standard InChI is InChI=1S/C17H19NO2.C14H21N.C7H12N2O.C2H6.H2S2/c1-3-4-17(19)18-14-7-11-16(12-8-14)20-15-9-5-13(2)6-10-15;1-13-6-8-14(9-7-13)5-4-12-15-10-2-3-11-15;1-6-3-4-9(5-6)7(10)8-2;2*1-2/h5-12H,3-4H2,1-2H3,(H,18,19);6-9H,2-5,10-12H2,1H3;1,3-5H2,2H3,(H,8,10);1-2H3;1-2H. The average Bonchev–Trinajstić information content (AvgIpc) is 3.82. The van der Waals surface area contributed by atoms with Crippen molar-refractivity contribution in [2.24, 2.45) is 0 Å². The third kappa shape index (κ3) is 18.8. The summed E-state index contributed by atoms with van der Waals surface area (Å²) in [5.41, 5.74) is 5.98. The Hall–Kier alpha value is -3.40. The van der Waals surface area contributed by atoms with Crippen LogP contribution >= 0.6 is 23.3 Å². The second-order valence-corrected chi connectivity index (χ2v) is 11.9. The van der Waals surface area contributed by atoms with Crippen molar-refractivity contribution >= 4 is 40.9 Å². The van der Waals surface area contributed by atoms with Crippen molar-refractivity contribution in [1.29, 1.82) is 0 Å². The van der Waals surface area contributed by atoms with Gasteiger partial charge in [-0.2, -0.15) is 0 Å². The zero-order valence-electron chi connectivity index (χ0n) is 30.6. The highest BCUT2D eigenvalue weighted by molar-refractivity contribution is 8.59. The number of aryl methyl sites for hydroxylation is 3. The van der Waals surface area contributed by atoms with Crippen LogP contribution in [0, 0.1) is 13.8 Å². The third-order valence-corrected chi connectivity index (χ3v) is 7.78. The lowest BCUT2D eigenvalue weighted by molar-refractivity contribution is -0.116. The van der Waals surface area contributed by atoms with E-state index in [9.17, 15) is 9.59 Å². The van der Waals surface area contributed by atoms with Crippen LogP contribution in [0.5, 0.6) is 11.5 Å². The molecule has 3 aromatic carbocycles. The molecule has 0 aliphatic carbocycles. The number of amides is 3. The molecule has 0 spiro atoms. The maximum absolute atomic E-state index is 11.5. The van der Waals surface area contributed by atoms with Gasteiger partial charge in [0.2, 0.25) is 5.91 Å². The molecular weight excluding hydrogens is 649 g/mol. The molecule has 270 valence electrons. The van der Waals surface area contributed by atoms with Crippen molar-refractivity contribution in [2.45, 2.75) is 79.6 Å². The van der Waals surface area contributed by atoms with Gasteiger partial charge in [-0.1, -0.05) is 80.4 Å². The first-order valence-electron chi connectivity index (χ1n) is 17.5. The van der Waals surface area contributed by atoms with E-state index in [0.29, 0.717) is 6.42 Å². The molecule has 2 heterocycles. The number of ether oxygens (including phenoxy) is 1. The number of carbonyl (C=O) groups excluding carboxylic acids is 2. The van der Waals surface area contributed by atoms with Crippen LogP contribution in [-0.2, 0) is 11.2 Å². The summed E-state index contributed by atoms with van der Waals surface area (Å²) in [5, 5.41) is 5.42. The van der Waals surface area contributed by atoms with Gasteiger partial charge in [0.15, 0.2) is 0 Å². The molecule has 0 atom stereocenters. The van der Waals surface area contributed by atoms with Gasteiger partial charge in [-0.25, -0.2) is 4.79 Å². The summed E-state index contributed by atoms with van der Waals surface area (Å²) in [5.74, 6) is 1.60. The van der Waals surface area contributed by atoms with Gasteiger partial charge in [0.05, 0.1) is 0 Å². The van der Waals surface area contributed by atoms with Crippen LogP contribution in [0.1, 0.15) is 76.0 Å². The number of rotatable bonds is 9. The highest BCUT2D eigenvalue weighted by Gasteiger charge is 2.18. The maximum Gasteiger partial charge on any atom is 0.317 e. The van der Waals surface area contributed by atoms with Crippen LogP contribution in [0.15, 0.2) is 84.9 Å². The molecule has 0 saturated carbocycles. The van der Waals surface area contributed by atoms with E-state index in [4.69, 9.17) is 4.74 Å². The molecule has 2 fully saturated rings. The van der Waals surface area contributed by atoms with Gasteiger partial charge in [0.1, 0.15) is 11.5 Å². The molecule has 3 aromatic rings. The third-order valence-electron chi connectivity index (χ3n) is 7.78. The van der Waals surface area contributed by atoms with Crippen molar-refractivity contribution in [1.82, 2.24) is 15.1 Å². The van der Waals surface area contributed by atoms with Crippen molar-refractivity contribution in [2.75, 3.05) is 45.1 Å². The molecule has 0 radical (unpaired) electrons. The molecule has 9 heteroatoms. The van der Waals surface area contributed by atoms with Gasteiger partial charge >= 0.3 is 6.03 Å². The second kappa shape index (κ2) is 26.5. The molecule has 5 rings (SSSR count). The number of urea groups is 1. The Morgan fingerprint density at radius 1 is 0.837 bits per heavy atom. The maximum atomic E-state index is 11.5. The minimum atomic E-state index is -0.00125. The Morgan fingerprint density at radius 2 is 1.37 bits per heavy atom. The summed E-state index contributed by atoms with van der Waals surface area (Å²) in [6.07, 6.45) is 7.70. The van der Waals surface area contributed by atoms with Gasteiger partial charge in [-0.05, 0) is 114 Å². The summed E-state index contributed by atoms with van der Waals surface area (Å²) >= 11 is 6.44. The molecular formula is C40H60N4O3S2.